The van der Waals surface area contributed by atoms with Gasteiger partial charge < -0.3 is 10.1 Å². The van der Waals surface area contributed by atoms with Crippen molar-refractivity contribution < 1.29 is 4.74 Å². The van der Waals surface area contributed by atoms with Crippen molar-refractivity contribution in [2.45, 2.75) is 54.0 Å². The number of hydrogen-bond acceptors (Lipinski definition) is 2. The topological polar surface area (TPSA) is 21.3 Å². The minimum absolute atomic E-state index is 0.292. The Morgan fingerprint density at radius 1 is 1.20 bits per heavy atom. The van der Waals surface area contributed by atoms with Gasteiger partial charge in [-0.1, -0.05) is 51.5 Å². The van der Waals surface area contributed by atoms with Gasteiger partial charge in [0.05, 0.1) is 12.6 Å². The summed E-state index contributed by atoms with van der Waals surface area (Å²) in [6, 6.07) is 6.95. The van der Waals surface area contributed by atoms with Crippen LogP contribution in [0.4, 0.5) is 0 Å². The molecule has 0 saturated carbocycles. The second-order valence-electron chi connectivity index (χ2n) is 6.86. The summed E-state index contributed by atoms with van der Waals surface area (Å²) in [7, 11) is 0. The summed E-state index contributed by atoms with van der Waals surface area (Å²) in [5.41, 5.74) is 4.35. The molecule has 0 radical (unpaired) electrons. The molecular weight excluding hydrogens is 246 g/mol. The fourth-order valence-electron chi connectivity index (χ4n) is 2.30. The van der Waals surface area contributed by atoms with Crippen molar-refractivity contribution in [2.24, 2.45) is 5.41 Å². The number of likely N-dealkylation sites (N-methyl/N-ethyl adjacent to an activating group) is 1. The Bertz CT molecular complexity index is 406. The molecule has 0 spiro atoms. The molecule has 1 aromatic rings. The molecule has 0 heterocycles. The first kappa shape index (κ1) is 17.2. The number of nitrogens with one attached hydrogen (secondary N) is 1. The molecule has 1 unspecified atom stereocenters. The average Bonchev–Trinajstić information content (AvgIpc) is 2.32. The highest BCUT2D eigenvalue weighted by atomic mass is 16.5. The highest BCUT2D eigenvalue weighted by Gasteiger charge is 2.14. The SMILES string of the molecule is CCNC(COCCC(C)(C)C)c1ccc(C)cc1C. The van der Waals surface area contributed by atoms with Gasteiger partial charge in [0.2, 0.25) is 0 Å². The molecule has 114 valence electrons. The number of benzene rings is 1. The molecule has 0 bridgehead atoms. The van der Waals surface area contributed by atoms with Crippen molar-refractivity contribution >= 4 is 0 Å². The van der Waals surface area contributed by atoms with Gasteiger partial charge >= 0.3 is 0 Å². The molecule has 1 atom stereocenters. The minimum atomic E-state index is 0.292. The molecule has 20 heavy (non-hydrogen) atoms. The van der Waals surface area contributed by atoms with Gasteiger partial charge in [-0.15, -0.1) is 0 Å². The lowest BCUT2D eigenvalue weighted by atomic mass is 9.93. The molecule has 0 fully saturated rings. The standard InChI is InChI=1S/C18H31NO/c1-7-19-17(13-20-11-10-18(4,5)6)16-9-8-14(2)12-15(16)3/h8-9,12,17,19H,7,10-11,13H2,1-6H3. The second kappa shape index (κ2) is 7.80. The van der Waals surface area contributed by atoms with Gasteiger partial charge in [0.15, 0.2) is 0 Å². The van der Waals surface area contributed by atoms with E-state index in [4.69, 9.17) is 4.74 Å². The zero-order valence-electron chi connectivity index (χ0n) is 14.0. The van der Waals surface area contributed by atoms with E-state index in [9.17, 15) is 0 Å². The lowest BCUT2D eigenvalue weighted by molar-refractivity contribution is 0.0900. The quantitative estimate of drug-likeness (QED) is 0.746. The first-order chi connectivity index (χ1) is 9.33. The maximum Gasteiger partial charge on any atom is 0.0661 e. The van der Waals surface area contributed by atoms with E-state index >= 15 is 0 Å². The second-order valence-corrected chi connectivity index (χ2v) is 6.86. The van der Waals surface area contributed by atoms with Gasteiger partial charge in [-0.3, -0.25) is 0 Å². The first-order valence-corrected chi connectivity index (χ1v) is 7.72. The van der Waals surface area contributed by atoms with Gasteiger partial charge in [-0.2, -0.15) is 0 Å². The molecule has 0 amide bonds. The summed E-state index contributed by atoms with van der Waals surface area (Å²) in [5, 5.41) is 3.53. The van der Waals surface area contributed by atoms with Crippen LogP contribution in [-0.4, -0.2) is 19.8 Å². The van der Waals surface area contributed by atoms with Crippen LogP contribution in [0.25, 0.3) is 0 Å². The fourth-order valence-corrected chi connectivity index (χ4v) is 2.30. The highest BCUT2D eigenvalue weighted by Crippen LogP contribution is 2.21. The predicted octanol–water partition coefficient (Wildman–Crippen LogP) is 4.41. The summed E-state index contributed by atoms with van der Waals surface area (Å²) < 4.78 is 5.90. The molecular formula is C18H31NO. The smallest absolute Gasteiger partial charge is 0.0661 e. The maximum absolute atomic E-state index is 5.90. The Kier molecular flexibility index (Phi) is 6.70. The van der Waals surface area contributed by atoms with Crippen LogP contribution in [0, 0.1) is 19.3 Å². The van der Waals surface area contributed by atoms with Crippen molar-refractivity contribution in [1.29, 1.82) is 0 Å². The number of ether oxygens (including phenoxy) is 1. The highest BCUT2D eigenvalue weighted by molar-refractivity contribution is 5.32. The molecule has 0 aromatic heterocycles. The molecule has 0 aliphatic rings. The van der Waals surface area contributed by atoms with Gasteiger partial charge in [-0.05, 0) is 43.4 Å². The van der Waals surface area contributed by atoms with E-state index in [2.05, 4.69) is 65.1 Å². The third-order valence-corrected chi connectivity index (χ3v) is 3.53. The number of hydrogen-bond donors (Lipinski definition) is 1. The van der Waals surface area contributed by atoms with Crippen LogP contribution in [-0.2, 0) is 4.74 Å². The van der Waals surface area contributed by atoms with E-state index in [-0.39, 0.29) is 0 Å². The van der Waals surface area contributed by atoms with Crippen LogP contribution in [0.1, 0.15) is 56.8 Å². The monoisotopic (exact) mass is 277 g/mol. The van der Waals surface area contributed by atoms with Crippen LogP contribution in [0.2, 0.25) is 0 Å². The summed E-state index contributed by atoms with van der Waals surface area (Å²) in [4.78, 5) is 0. The lowest BCUT2D eigenvalue weighted by Gasteiger charge is -2.22. The predicted molar refractivity (Wildman–Crippen MR) is 87.2 cm³/mol. The molecule has 2 heteroatoms. The Hall–Kier alpha value is -0.860. The van der Waals surface area contributed by atoms with E-state index in [0.717, 1.165) is 26.2 Å². The summed E-state index contributed by atoms with van der Waals surface area (Å²) in [5.74, 6) is 0. The molecule has 1 N–H and O–H groups in total. The van der Waals surface area contributed by atoms with Crippen molar-refractivity contribution in [3.63, 3.8) is 0 Å². The third-order valence-electron chi connectivity index (χ3n) is 3.53. The Balaban J connectivity index is 2.60. The van der Waals surface area contributed by atoms with Crippen LogP contribution in [0.5, 0.6) is 0 Å². The Morgan fingerprint density at radius 2 is 1.90 bits per heavy atom. The molecule has 0 aliphatic carbocycles. The van der Waals surface area contributed by atoms with Crippen LogP contribution >= 0.6 is 0 Å². The van der Waals surface area contributed by atoms with Gasteiger partial charge in [0.1, 0.15) is 0 Å². The van der Waals surface area contributed by atoms with E-state index in [1.807, 2.05) is 0 Å². The largest absolute Gasteiger partial charge is 0.379 e. The summed E-state index contributed by atoms with van der Waals surface area (Å²) >= 11 is 0. The molecule has 1 aromatic carbocycles. The van der Waals surface area contributed by atoms with Gasteiger partial charge in [0.25, 0.3) is 0 Å². The molecule has 0 saturated heterocycles. The average molecular weight is 277 g/mol. The van der Waals surface area contributed by atoms with Crippen LogP contribution in [0.3, 0.4) is 0 Å². The molecule has 1 rings (SSSR count). The van der Waals surface area contributed by atoms with E-state index < -0.39 is 0 Å². The minimum Gasteiger partial charge on any atom is -0.379 e. The van der Waals surface area contributed by atoms with E-state index in [1.54, 1.807) is 0 Å². The zero-order valence-corrected chi connectivity index (χ0v) is 14.0. The maximum atomic E-state index is 5.90. The summed E-state index contributed by atoms with van der Waals surface area (Å²) in [6.45, 7) is 15.8. The van der Waals surface area contributed by atoms with Crippen molar-refractivity contribution in [1.82, 2.24) is 5.32 Å². The fraction of sp³-hybridized carbons (Fsp3) is 0.667. The Morgan fingerprint density at radius 3 is 2.45 bits per heavy atom. The van der Waals surface area contributed by atoms with Crippen LogP contribution < -0.4 is 5.32 Å². The van der Waals surface area contributed by atoms with Crippen molar-refractivity contribution in [2.75, 3.05) is 19.8 Å². The van der Waals surface area contributed by atoms with E-state index in [1.165, 1.54) is 16.7 Å². The number of rotatable bonds is 7. The first-order valence-electron chi connectivity index (χ1n) is 7.72. The molecule has 2 nitrogen and oxygen atoms in total. The van der Waals surface area contributed by atoms with E-state index in [0.29, 0.717) is 11.5 Å². The number of aryl methyl sites for hydroxylation is 2. The third kappa shape index (κ3) is 6.06. The van der Waals surface area contributed by atoms with Crippen LogP contribution in [0.15, 0.2) is 18.2 Å². The van der Waals surface area contributed by atoms with Gasteiger partial charge in [0, 0.05) is 6.61 Å². The normalized spacial score (nSPS) is 13.5. The van der Waals surface area contributed by atoms with Gasteiger partial charge in [-0.25, -0.2) is 0 Å². The van der Waals surface area contributed by atoms with Crippen molar-refractivity contribution in [3.05, 3.63) is 34.9 Å². The lowest BCUT2D eigenvalue weighted by Crippen LogP contribution is -2.26. The Labute approximate surface area is 124 Å². The zero-order chi connectivity index (χ0) is 15.2. The summed E-state index contributed by atoms with van der Waals surface area (Å²) in [6.07, 6.45) is 1.10. The van der Waals surface area contributed by atoms with Crippen molar-refractivity contribution in [3.8, 4) is 0 Å². The molecule has 0 aliphatic heterocycles.